The Balaban J connectivity index is 1.30. The average molecular weight is 390 g/mol. The van der Waals surface area contributed by atoms with E-state index in [2.05, 4.69) is 25.1 Å². The Labute approximate surface area is 166 Å². The average Bonchev–Trinajstić information content (AvgIpc) is 3.48. The van der Waals surface area contributed by atoms with Gasteiger partial charge in [0.25, 0.3) is 0 Å². The second kappa shape index (κ2) is 8.61. The van der Waals surface area contributed by atoms with E-state index in [0.717, 1.165) is 57.0 Å². The van der Waals surface area contributed by atoms with Gasteiger partial charge in [0.15, 0.2) is 0 Å². The van der Waals surface area contributed by atoms with E-state index in [1.807, 2.05) is 6.07 Å². The molecule has 0 aromatic carbocycles. The van der Waals surface area contributed by atoms with Gasteiger partial charge in [-0.25, -0.2) is 9.97 Å². The molecule has 3 N–H and O–H groups in total. The van der Waals surface area contributed by atoms with Gasteiger partial charge in [-0.1, -0.05) is 0 Å². The van der Waals surface area contributed by atoms with Gasteiger partial charge in [0, 0.05) is 44.4 Å². The minimum atomic E-state index is -0.736. The molecule has 8 nitrogen and oxygen atoms in total. The fourth-order valence-corrected chi connectivity index (χ4v) is 4.38. The number of piperidine rings is 1. The summed E-state index contributed by atoms with van der Waals surface area (Å²) >= 11 is 0. The van der Waals surface area contributed by atoms with Gasteiger partial charge in [0.05, 0.1) is 6.54 Å². The zero-order chi connectivity index (χ0) is 19.5. The van der Waals surface area contributed by atoms with Crippen LogP contribution in [0.5, 0.6) is 0 Å². The van der Waals surface area contributed by atoms with Crippen molar-refractivity contribution in [3.05, 3.63) is 12.4 Å². The molecule has 2 aliphatic carbocycles. The van der Waals surface area contributed by atoms with E-state index in [-0.39, 0.29) is 13.2 Å². The number of aliphatic hydroxyl groups excluding tert-OH is 1. The van der Waals surface area contributed by atoms with Crippen LogP contribution in [-0.4, -0.2) is 75.9 Å². The highest BCUT2D eigenvalue weighted by molar-refractivity contribution is 5.69. The molecule has 1 aromatic heterocycles. The van der Waals surface area contributed by atoms with Gasteiger partial charge in [-0.3, -0.25) is 9.69 Å². The summed E-state index contributed by atoms with van der Waals surface area (Å²) in [7, 11) is 0. The van der Waals surface area contributed by atoms with E-state index >= 15 is 0 Å². The second-order valence-electron chi connectivity index (χ2n) is 8.63. The maximum Gasteiger partial charge on any atom is 0.317 e. The summed E-state index contributed by atoms with van der Waals surface area (Å²) < 4.78 is 0. The van der Waals surface area contributed by atoms with E-state index in [0.29, 0.717) is 23.9 Å². The van der Waals surface area contributed by atoms with Crippen molar-refractivity contribution >= 4 is 17.6 Å². The molecule has 2 heterocycles. The monoisotopic (exact) mass is 389 g/mol. The van der Waals surface area contributed by atoms with Crippen LogP contribution in [0.1, 0.15) is 38.5 Å². The Bertz CT molecular complexity index is 678. The molecular formula is C20H31N5O3. The van der Waals surface area contributed by atoms with Crippen molar-refractivity contribution < 1.29 is 15.0 Å². The van der Waals surface area contributed by atoms with Crippen molar-refractivity contribution in [2.75, 3.05) is 43.0 Å². The third-order valence-corrected chi connectivity index (χ3v) is 6.26. The third-order valence-electron chi connectivity index (χ3n) is 6.26. The molecule has 154 valence electrons. The van der Waals surface area contributed by atoms with E-state index in [1.165, 1.54) is 12.8 Å². The predicted molar refractivity (Wildman–Crippen MR) is 106 cm³/mol. The molecule has 8 heteroatoms. The highest BCUT2D eigenvalue weighted by Gasteiger charge is 2.37. The van der Waals surface area contributed by atoms with Crippen LogP contribution in [0.15, 0.2) is 12.4 Å². The number of nitrogens with one attached hydrogen (secondary N) is 1. The van der Waals surface area contributed by atoms with Gasteiger partial charge in [0.2, 0.25) is 0 Å². The standard InChI is InChI=1S/C20H31N5O3/c26-12-15-2-1-5-24(10-15)19-8-18(21-13-22-19)23-16-6-17(7-16)25(11-20(27)28)9-14-3-4-14/h8,13-17,26H,1-7,9-12H2,(H,27,28)(H,21,22,23). The van der Waals surface area contributed by atoms with Crippen LogP contribution < -0.4 is 10.2 Å². The number of anilines is 2. The molecule has 28 heavy (non-hydrogen) atoms. The third kappa shape index (κ3) is 4.91. The van der Waals surface area contributed by atoms with Crippen LogP contribution in [0.2, 0.25) is 0 Å². The Morgan fingerprint density at radius 2 is 2.07 bits per heavy atom. The normalized spacial score (nSPS) is 27.5. The van der Waals surface area contributed by atoms with Crippen LogP contribution >= 0.6 is 0 Å². The van der Waals surface area contributed by atoms with Crippen molar-refractivity contribution in [3.8, 4) is 0 Å². The number of carboxylic acids is 1. The van der Waals surface area contributed by atoms with E-state index in [1.54, 1.807) is 6.33 Å². The first kappa shape index (κ1) is 19.4. The number of aromatic nitrogens is 2. The number of carbonyl (C=O) groups is 1. The Morgan fingerprint density at radius 3 is 2.79 bits per heavy atom. The Kier molecular flexibility index (Phi) is 5.96. The topological polar surface area (TPSA) is 102 Å². The summed E-state index contributed by atoms with van der Waals surface area (Å²) in [6.45, 7) is 3.09. The summed E-state index contributed by atoms with van der Waals surface area (Å²) in [4.78, 5) is 24.3. The van der Waals surface area contributed by atoms with Crippen LogP contribution in [0.4, 0.5) is 11.6 Å². The summed E-state index contributed by atoms with van der Waals surface area (Å²) in [6, 6.07) is 2.67. The first-order chi connectivity index (χ1) is 13.6. The fraction of sp³-hybridized carbons (Fsp3) is 0.750. The van der Waals surface area contributed by atoms with Crippen molar-refractivity contribution in [2.45, 2.75) is 50.6 Å². The van der Waals surface area contributed by atoms with E-state index in [9.17, 15) is 15.0 Å². The van der Waals surface area contributed by atoms with Gasteiger partial charge in [-0.05, 0) is 50.4 Å². The molecule has 1 aromatic rings. The molecule has 0 amide bonds. The van der Waals surface area contributed by atoms with Crippen molar-refractivity contribution in [1.29, 1.82) is 0 Å². The summed E-state index contributed by atoms with van der Waals surface area (Å²) in [5, 5.41) is 22.1. The minimum absolute atomic E-state index is 0.145. The maximum atomic E-state index is 11.2. The number of hydrogen-bond acceptors (Lipinski definition) is 7. The first-order valence-electron chi connectivity index (χ1n) is 10.5. The lowest BCUT2D eigenvalue weighted by atomic mass is 9.85. The molecule has 1 atom stereocenters. The molecule has 2 saturated carbocycles. The largest absolute Gasteiger partial charge is 0.480 e. The molecule has 0 radical (unpaired) electrons. The van der Waals surface area contributed by atoms with Crippen LogP contribution in [0.25, 0.3) is 0 Å². The van der Waals surface area contributed by atoms with Crippen molar-refractivity contribution in [3.63, 3.8) is 0 Å². The van der Waals surface area contributed by atoms with Crippen LogP contribution in [0.3, 0.4) is 0 Å². The van der Waals surface area contributed by atoms with Gasteiger partial charge >= 0.3 is 5.97 Å². The number of carboxylic acid groups (broad SMARTS) is 1. The molecule has 1 saturated heterocycles. The lowest BCUT2D eigenvalue weighted by molar-refractivity contribution is -0.139. The Morgan fingerprint density at radius 1 is 1.25 bits per heavy atom. The number of rotatable bonds is 9. The molecule has 0 bridgehead atoms. The predicted octanol–water partition coefficient (Wildman–Crippen LogP) is 1.42. The zero-order valence-electron chi connectivity index (χ0n) is 16.3. The van der Waals surface area contributed by atoms with E-state index < -0.39 is 5.97 Å². The van der Waals surface area contributed by atoms with Gasteiger partial charge in [-0.2, -0.15) is 0 Å². The number of aliphatic hydroxyl groups is 1. The van der Waals surface area contributed by atoms with E-state index in [4.69, 9.17) is 0 Å². The highest BCUT2D eigenvalue weighted by atomic mass is 16.4. The lowest BCUT2D eigenvalue weighted by Gasteiger charge is -2.43. The Hall–Kier alpha value is -1.93. The molecule has 1 aliphatic heterocycles. The quantitative estimate of drug-likeness (QED) is 0.583. The first-order valence-corrected chi connectivity index (χ1v) is 10.5. The summed E-state index contributed by atoms with van der Waals surface area (Å²) in [6.07, 6.45) is 8.12. The molecular weight excluding hydrogens is 358 g/mol. The zero-order valence-corrected chi connectivity index (χ0v) is 16.3. The summed E-state index contributed by atoms with van der Waals surface area (Å²) in [5.74, 6) is 2.02. The molecule has 3 aliphatic rings. The number of aliphatic carboxylic acids is 1. The fourth-order valence-electron chi connectivity index (χ4n) is 4.38. The molecule has 3 fully saturated rings. The molecule has 1 unspecified atom stereocenters. The molecule has 4 rings (SSSR count). The second-order valence-corrected chi connectivity index (χ2v) is 8.63. The number of nitrogens with zero attached hydrogens (tertiary/aromatic N) is 4. The van der Waals surface area contributed by atoms with Crippen molar-refractivity contribution in [1.82, 2.24) is 14.9 Å². The minimum Gasteiger partial charge on any atom is -0.480 e. The molecule has 0 spiro atoms. The smallest absolute Gasteiger partial charge is 0.317 e. The van der Waals surface area contributed by atoms with Crippen LogP contribution in [0, 0.1) is 11.8 Å². The number of hydrogen-bond donors (Lipinski definition) is 3. The summed E-state index contributed by atoms with van der Waals surface area (Å²) in [5.41, 5.74) is 0. The van der Waals surface area contributed by atoms with Gasteiger partial charge in [-0.15, -0.1) is 0 Å². The van der Waals surface area contributed by atoms with Gasteiger partial charge < -0.3 is 20.4 Å². The van der Waals surface area contributed by atoms with Crippen molar-refractivity contribution in [2.24, 2.45) is 11.8 Å². The van der Waals surface area contributed by atoms with Gasteiger partial charge in [0.1, 0.15) is 18.0 Å². The lowest BCUT2D eigenvalue weighted by Crippen LogP contribution is -2.52. The highest BCUT2D eigenvalue weighted by Crippen LogP contribution is 2.34. The SMILES string of the molecule is O=C(O)CN(CC1CC1)C1CC(Nc2cc(N3CCCC(CO)C3)ncn2)C1. The van der Waals surface area contributed by atoms with Crippen LogP contribution in [-0.2, 0) is 4.79 Å². The maximum absolute atomic E-state index is 11.2.